The Morgan fingerprint density at radius 3 is 2.14 bits per heavy atom. The lowest BCUT2D eigenvalue weighted by Crippen LogP contribution is -2.59. The molecule has 0 radical (unpaired) electrons. The quantitative estimate of drug-likeness (QED) is 0.501. The largest absolute Gasteiger partial charge is 0.394 e. The van der Waals surface area contributed by atoms with E-state index in [-0.39, 0.29) is 6.61 Å². The number of aliphatic hydroxyl groups excluding tert-OH is 3. The highest BCUT2D eigenvalue weighted by molar-refractivity contribution is 4.90. The molecule has 0 aromatic heterocycles. The maximum Gasteiger partial charge on any atom is 0.184 e. The summed E-state index contributed by atoms with van der Waals surface area (Å²) >= 11 is 0. The SMILES string of the molecule is CO[C@H]1[C@@H](O)[C@@H](CO)OC(O)[C@@H]1OC. The second-order valence-electron chi connectivity index (χ2n) is 3.14. The van der Waals surface area contributed by atoms with Crippen molar-refractivity contribution in [3.8, 4) is 0 Å². The Morgan fingerprint density at radius 2 is 1.71 bits per heavy atom. The topological polar surface area (TPSA) is 88.4 Å². The van der Waals surface area contributed by atoms with Crippen molar-refractivity contribution in [2.45, 2.75) is 30.7 Å². The van der Waals surface area contributed by atoms with Crippen LogP contribution in [0, 0.1) is 0 Å². The third-order valence-electron chi connectivity index (χ3n) is 2.36. The van der Waals surface area contributed by atoms with Crippen LogP contribution in [0.1, 0.15) is 0 Å². The molecule has 1 aliphatic rings. The van der Waals surface area contributed by atoms with Crippen LogP contribution < -0.4 is 0 Å². The Bertz CT molecular complexity index is 175. The van der Waals surface area contributed by atoms with Gasteiger partial charge in [0, 0.05) is 14.2 Å². The van der Waals surface area contributed by atoms with Gasteiger partial charge in [-0.25, -0.2) is 0 Å². The van der Waals surface area contributed by atoms with E-state index in [0.29, 0.717) is 0 Å². The summed E-state index contributed by atoms with van der Waals surface area (Å²) in [7, 11) is 2.78. The average Bonchev–Trinajstić information content (AvgIpc) is 2.20. The zero-order chi connectivity index (χ0) is 10.7. The van der Waals surface area contributed by atoms with Gasteiger partial charge >= 0.3 is 0 Å². The first kappa shape index (κ1) is 11.8. The molecular weight excluding hydrogens is 192 g/mol. The van der Waals surface area contributed by atoms with Gasteiger partial charge in [-0.2, -0.15) is 0 Å². The van der Waals surface area contributed by atoms with Crippen molar-refractivity contribution in [3.63, 3.8) is 0 Å². The molecule has 6 nitrogen and oxygen atoms in total. The van der Waals surface area contributed by atoms with Gasteiger partial charge in [0.1, 0.15) is 24.4 Å². The van der Waals surface area contributed by atoms with Crippen LogP contribution in [-0.2, 0) is 14.2 Å². The van der Waals surface area contributed by atoms with E-state index in [1.54, 1.807) is 0 Å². The lowest BCUT2D eigenvalue weighted by Gasteiger charge is -2.40. The normalized spacial score (nSPS) is 43.9. The summed E-state index contributed by atoms with van der Waals surface area (Å²) in [6.07, 6.45) is -4.52. The fourth-order valence-electron chi connectivity index (χ4n) is 1.58. The van der Waals surface area contributed by atoms with Gasteiger partial charge in [-0.05, 0) is 0 Å². The van der Waals surface area contributed by atoms with E-state index in [4.69, 9.17) is 19.3 Å². The zero-order valence-corrected chi connectivity index (χ0v) is 8.16. The molecule has 3 N–H and O–H groups in total. The highest BCUT2D eigenvalue weighted by Crippen LogP contribution is 2.23. The molecule has 0 aromatic rings. The van der Waals surface area contributed by atoms with Gasteiger partial charge in [-0.15, -0.1) is 0 Å². The minimum atomic E-state index is -1.20. The molecule has 1 heterocycles. The third kappa shape index (κ3) is 2.05. The first-order valence-electron chi connectivity index (χ1n) is 4.33. The molecule has 1 saturated heterocycles. The third-order valence-corrected chi connectivity index (χ3v) is 2.36. The highest BCUT2D eigenvalue weighted by Gasteiger charge is 2.44. The summed E-state index contributed by atoms with van der Waals surface area (Å²) < 4.78 is 14.8. The van der Waals surface area contributed by atoms with E-state index in [1.165, 1.54) is 14.2 Å². The fraction of sp³-hybridized carbons (Fsp3) is 1.00. The van der Waals surface area contributed by atoms with E-state index in [0.717, 1.165) is 0 Å². The maximum absolute atomic E-state index is 9.65. The molecule has 1 rings (SSSR count). The number of rotatable bonds is 3. The molecule has 0 bridgehead atoms. The summed E-state index contributed by atoms with van der Waals surface area (Å²) in [6, 6.07) is 0. The number of ether oxygens (including phenoxy) is 3. The van der Waals surface area contributed by atoms with Crippen LogP contribution in [0.3, 0.4) is 0 Å². The van der Waals surface area contributed by atoms with Gasteiger partial charge in [0.25, 0.3) is 0 Å². The van der Waals surface area contributed by atoms with Gasteiger partial charge in [-0.1, -0.05) is 0 Å². The second kappa shape index (κ2) is 5.01. The second-order valence-corrected chi connectivity index (χ2v) is 3.14. The van der Waals surface area contributed by atoms with E-state index < -0.39 is 30.7 Å². The number of hydrogen-bond acceptors (Lipinski definition) is 6. The van der Waals surface area contributed by atoms with E-state index in [2.05, 4.69) is 0 Å². The minimum absolute atomic E-state index is 0.380. The molecule has 84 valence electrons. The van der Waals surface area contributed by atoms with Crippen molar-refractivity contribution in [2.75, 3.05) is 20.8 Å². The number of methoxy groups -OCH3 is 2. The van der Waals surface area contributed by atoms with E-state index in [9.17, 15) is 10.2 Å². The number of aliphatic hydroxyl groups is 3. The molecule has 0 aliphatic carbocycles. The van der Waals surface area contributed by atoms with E-state index in [1.807, 2.05) is 0 Å². The predicted molar refractivity (Wildman–Crippen MR) is 45.6 cm³/mol. The van der Waals surface area contributed by atoms with Crippen molar-refractivity contribution in [1.29, 1.82) is 0 Å². The van der Waals surface area contributed by atoms with Gasteiger partial charge in [0.15, 0.2) is 6.29 Å². The highest BCUT2D eigenvalue weighted by atomic mass is 16.7. The molecule has 14 heavy (non-hydrogen) atoms. The van der Waals surface area contributed by atoms with Crippen LogP contribution in [0.2, 0.25) is 0 Å². The Kier molecular flexibility index (Phi) is 4.24. The monoisotopic (exact) mass is 208 g/mol. The first-order valence-corrected chi connectivity index (χ1v) is 4.33. The summed E-state index contributed by atoms with van der Waals surface area (Å²) in [5.74, 6) is 0. The first-order chi connectivity index (χ1) is 6.65. The van der Waals surface area contributed by atoms with Crippen LogP contribution in [0.4, 0.5) is 0 Å². The molecule has 0 aromatic carbocycles. The van der Waals surface area contributed by atoms with Crippen LogP contribution in [-0.4, -0.2) is 66.9 Å². The van der Waals surface area contributed by atoms with Crippen LogP contribution in [0.15, 0.2) is 0 Å². The van der Waals surface area contributed by atoms with Gasteiger partial charge < -0.3 is 29.5 Å². The van der Waals surface area contributed by atoms with Gasteiger partial charge in [0.2, 0.25) is 0 Å². The summed E-state index contributed by atoms with van der Waals surface area (Å²) in [6.45, 7) is -0.380. The van der Waals surface area contributed by atoms with Gasteiger partial charge in [-0.3, -0.25) is 0 Å². The summed E-state index contributed by atoms with van der Waals surface area (Å²) in [5, 5.41) is 27.9. The molecule has 1 unspecified atom stereocenters. The summed E-state index contributed by atoms with van der Waals surface area (Å²) in [4.78, 5) is 0. The van der Waals surface area contributed by atoms with Crippen LogP contribution in [0.5, 0.6) is 0 Å². The predicted octanol–water partition coefficient (Wildman–Crippen LogP) is -1.91. The molecular formula is C8H16O6. The fourth-order valence-corrected chi connectivity index (χ4v) is 1.58. The molecule has 5 atom stereocenters. The Labute approximate surface area is 82.0 Å². The maximum atomic E-state index is 9.65. The Balaban J connectivity index is 2.73. The van der Waals surface area contributed by atoms with Crippen LogP contribution in [0.25, 0.3) is 0 Å². The molecule has 1 aliphatic heterocycles. The lowest BCUT2D eigenvalue weighted by atomic mass is 9.99. The van der Waals surface area contributed by atoms with Crippen molar-refractivity contribution in [1.82, 2.24) is 0 Å². The lowest BCUT2D eigenvalue weighted by molar-refractivity contribution is -0.295. The van der Waals surface area contributed by atoms with Crippen LogP contribution >= 0.6 is 0 Å². The Morgan fingerprint density at radius 1 is 1.14 bits per heavy atom. The van der Waals surface area contributed by atoms with Crippen molar-refractivity contribution in [3.05, 3.63) is 0 Å². The summed E-state index contributed by atoms with van der Waals surface area (Å²) in [5.41, 5.74) is 0. The minimum Gasteiger partial charge on any atom is -0.394 e. The number of hydrogen-bond donors (Lipinski definition) is 3. The average molecular weight is 208 g/mol. The van der Waals surface area contributed by atoms with Crippen molar-refractivity contribution in [2.24, 2.45) is 0 Å². The van der Waals surface area contributed by atoms with E-state index >= 15 is 0 Å². The molecule has 0 amide bonds. The standard InChI is InChI=1S/C8H16O6/c1-12-6-5(10)4(3-9)14-8(11)7(6)13-2/h4-11H,3H2,1-2H3/t4-,5+,6+,7-,8?/m1/s1. The molecule has 0 spiro atoms. The molecule has 0 saturated carbocycles. The van der Waals surface area contributed by atoms with Crippen molar-refractivity contribution >= 4 is 0 Å². The smallest absolute Gasteiger partial charge is 0.184 e. The van der Waals surface area contributed by atoms with Crippen molar-refractivity contribution < 1.29 is 29.5 Å². The zero-order valence-electron chi connectivity index (χ0n) is 8.16. The van der Waals surface area contributed by atoms with Gasteiger partial charge in [0.05, 0.1) is 6.61 Å². The Hall–Kier alpha value is -0.240. The molecule has 6 heteroatoms. The molecule has 1 fully saturated rings.